The van der Waals surface area contributed by atoms with Gasteiger partial charge in [-0.3, -0.25) is 9.69 Å². The molecule has 0 aromatic heterocycles. The van der Waals surface area contributed by atoms with E-state index in [-0.39, 0.29) is 6.10 Å². The van der Waals surface area contributed by atoms with Crippen molar-refractivity contribution in [1.82, 2.24) is 9.80 Å². The molecule has 4 nitrogen and oxygen atoms in total. The summed E-state index contributed by atoms with van der Waals surface area (Å²) < 4.78 is 0. The molecule has 1 aliphatic heterocycles. The van der Waals surface area contributed by atoms with Crippen LogP contribution < -0.4 is 0 Å². The van der Waals surface area contributed by atoms with Crippen LogP contribution in [0.15, 0.2) is 0 Å². The maximum atomic E-state index is 12.8. The van der Waals surface area contributed by atoms with Crippen LogP contribution in [-0.2, 0) is 4.79 Å². The summed E-state index contributed by atoms with van der Waals surface area (Å²) in [5.41, 5.74) is 0. The smallest absolute Gasteiger partial charge is 0.237 e. The van der Waals surface area contributed by atoms with E-state index in [2.05, 4.69) is 16.7 Å². The van der Waals surface area contributed by atoms with Crippen LogP contribution in [0.2, 0.25) is 0 Å². The number of rotatable bonds is 6. The molecular weight excluding hydrogens is 264 g/mol. The van der Waals surface area contributed by atoms with Gasteiger partial charge in [-0.1, -0.05) is 0 Å². The fourth-order valence-electron chi connectivity index (χ4n) is 3.82. The molecule has 3 fully saturated rings. The molecule has 1 N–H and O–H groups in total. The topological polar surface area (TPSA) is 43.8 Å². The molecule has 3 aliphatic rings. The second-order valence-corrected chi connectivity index (χ2v) is 7.49. The minimum atomic E-state index is -0.257. The van der Waals surface area contributed by atoms with E-state index in [1.807, 2.05) is 6.92 Å². The summed E-state index contributed by atoms with van der Waals surface area (Å²) in [4.78, 5) is 17.2. The van der Waals surface area contributed by atoms with Gasteiger partial charge in [-0.05, 0) is 70.8 Å². The summed E-state index contributed by atoms with van der Waals surface area (Å²) in [6.07, 6.45) is 6.92. The van der Waals surface area contributed by atoms with Gasteiger partial charge in [0.25, 0.3) is 0 Å². The molecule has 0 bridgehead atoms. The van der Waals surface area contributed by atoms with E-state index in [0.29, 0.717) is 30.5 Å². The molecule has 1 saturated heterocycles. The van der Waals surface area contributed by atoms with Crippen LogP contribution >= 0.6 is 0 Å². The van der Waals surface area contributed by atoms with Gasteiger partial charge in [-0.2, -0.15) is 0 Å². The average Bonchev–Trinajstić information content (AvgIpc) is 3.31. The fourth-order valence-corrected chi connectivity index (χ4v) is 3.82. The third kappa shape index (κ3) is 3.78. The first kappa shape index (κ1) is 15.3. The van der Waals surface area contributed by atoms with Crippen LogP contribution in [0, 0.1) is 11.8 Å². The number of piperidine rings is 1. The van der Waals surface area contributed by atoms with Crippen LogP contribution in [0.25, 0.3) is 0 Å². The Hall–Kier alpha value is -0.610. The van der Waals surface area contributed by atoms with Gasteiger partial charge in [-0.25, -0.2) is 0 Å². The molecule has 0 aromatic rings. The predicted octanol–water partition coefficient (Wildman–Crippen LogP) is 1.87. The zero-order valence-electron chi connectivity index (χ0n) is 13.5. The van der Waals surface area contributed by atoms with Crippen molar-refractivity contribution in [2.45, 2.75) is 70.6 Å². The Morgan fingerprint density at radius 3 is 2.48 bits per heavy atom. The summed E-state index contributed by atoms with van der Waals surface area (Å²) in [7, 11) is 0. The first-order chi connectivity index (χ1) is 10.1. The lowest BCUT2D eigenvalue weighted by atomic mass is 9.93. The minimum Gasteiger partial charge on any atom is -0.393 e. The predicted molar refractivity (Wildman–Crippen MR) is 82.9 cm³/mol. The molecule has 3 atom stereocenters. The summed E-state index contributed by atoms with van der Waals surface area (Å²) in [6, 6.07) is 0.952. The Labute approximate surface area is 128 Å². The SMILES string of the molecule is CC(O)C1CCCN(CC(=O)N(C2CC2)C(C)C2CC2)C1. The molecule has 3 rings (SSSR count). The van der Waals surface area contributed by atoms with Crippen molar-refractivity contribution in [3.63, 3.8) is 0 Å². The Morgan fingerprint density at radius 1 is 1.19 bits per heavy atom. The highest BCUT2D eigenvalue weighted by Gasteiger charge is 2.42. The highest BCUT2D eigenvalue weighted by atomic mass is 16.3. The summed E-state index contributed by atoms with van der Waals surface area (Å²) in [5, 5.41) is 9.78. The molecule has 4 heteroatoms. The van der Waals surface area contributed by atoms with Crippen LogP contribution in [0.3, 0.4) is 0 Å². The van der Waals surface area contributed by atoms with E-state index in [1.54, 1.807) is 0 Å². The fraction of sp³-hybridized carbons (Fsp3) is 0.941. The number of hydrogen-bond donors (Lipinski definition) is 1. The molecule has 120 valence electrons. The van der Waals surface area contributed by atoms with Crippen molar-refractivity contribution in [2.24, 2.45) is 11.8 Å². The number of nitrogens with zero attached hydrogens (tertiary/aromatic N) is 2. The van der Waals surface area contributed by atoms with Crippen molar-refractivity contribution >= 4 is 5.91 Å². The summed E-state index contributed by atoms with van der Waals surface area (Å²) >= 11 is 0. The van der Waals surface area contributed by atoms with Gasteiger partial charge < -0.3 is 10.0 Å². The van der Waals surface area contributed by atoms with Gasteiger partial charge in [0.05, 0.1) is 12.6 Å². The van der Waals surface area contributed by atoms with Gasteiger partial charge in [-0.15, -0.1) is 0 Å². The molecule has 0 spiro atoms. The van der Waals surface area contributed by atoms with E-state index in [9.17, 15) is 9.90 Å². The Morgan fingerprint density at radius 2 is 1.90 bits per heavy atom. The van der Waals surface area contributed by atoms with Crippen molar-refractivity contribution in [3.8, 4) is 0 Å². The molecule has 21 heavy (non-hydrogen) atoms. The second-order valence-electron chi connectivity index (χ2n) is 7.49. The van der Waals surface area contributed by atoms with Crippen molar-refractivity contribution in [3.05, 3.63) is 0 Å². The van der Waals surface area contributed by atoms with Crippen LogP contribution in [0.1, 0.15) is 52.4 Å². The maximum Gasteiger partial charge on any atom is 0.237 e. The third-order valence-electron chi connectivity index (χ3n) is 5.55. The largest absolute Gasteiger partial charge is 0.393 e. The monoisotopic (exact) mass is 294 g/mol. The quantitative estimate of drug-likeness (QED) is 0.813. The van der Waals surface area contributed by atoms with Crippen molar-refractivity contribution < 1.29 is 9.90 Å². The van der Waals surface area contributed by atoms with Gasteiger partial charge in [0.2, 0.25) is 5.91 Å². The van der Waals surface area contributed by atoms with Crippen molar-refractivity contribution in [2.75, 3.05) is 19.6 Å². The normalized spacial score (nSPS) is 30.0. The first-order valence-electron chi connectivity index (χ1n) is 8.78. The van der Waals surface area contributed by atoms with E-state index in [4.69, 9.17) is 0 Å². The van der Waals surface area contributed by atoms with Gasteiger partial charge in [0, 0.05) is 18.6 Å². The maximum absolute atomic E-state index is 12.8. The second kappa shape index (κ2) is 6.25. The first-order valence-corrected chi connectivity index (χ1v) is 8.78. The van der Waals surface area contributed by atoms with Gasteiger partial charge in [0.15, 0.2) is 0 Å². The number of likely N-dealkylation sites (tertiary alicyclic amines) is 1. The van der Waals surface area contributed by atoms with E-state index < -0.39 is 0 Å². The molecule has 1 amide bonds. The van der Waals surface area contributed by atoms with Gasteiger partial charge >= 0.3 is 0 Å². The van der Waals surface area contributed by atoms with E-state index in [0.717, 1.165) is 31.8 Å². The molecule has 0 aromatic carbocycles. The zero-order chi connectivity index (χ0) is 15.0. The van der Waals surface area contributed by atoms with Crippen molar-refractivity contribution in [1.29, 1.82) is 0 Å². The zero-order valence-corrected chi connectivity index (χ0v) is 13.5. The molecule has 3 unspecified atom stereocenters. The standard InChI is InChI=1S/C17H30N2O2/c1-12(14-5-6-14)19(16-7-8-16)17(21)11-18-9-3-4-15(10-18)13(2)20/h12-16,20H,3-11H2,1-2H3. The Kier molecular flexibility index (Phi) is 4.55. The highest BCUT2D eigenvalue weighted by molar-refractivity contribution is 5.79. The van der Waals surface area contributed by atoms with Crippen LogP contribution in [0.5, 0.6) is 0 Å². The molecular formula is C17H30N2O2. The van der Waals surface area contributed by atoms with E-state index in [1.165, 1.54) is 25.7 Å². The van der Waals surface area contributed by atoms with E-state index >= 15 is 0 Å². The molecule has 1 heterocycles. The lowest BCUT2D eigenvalue weighted by Gasteiger charge is -2.36. The van der Waals surface area contributed by atoms with Crippen LogP contribution in [0.4, 0.5) is 0 Å². The summed E-state index contributed by atoms with van der Waals surface area (Å²) in [6.45, 7) is 6.55. The number of carbonyl (C=O) groups excluding carboxylic acids is 1. The van der Waals surface area contributed by atoms with Gasteiger partial charge in [0.1, 0.15) is 0 Å². The lowest BCUT2D eigenvalue weighted by molar-refractivity contribution is -0.136. The average molecular weight is 294 g/mol. The van der Waals surface area contributed by atoms with Crippen LogP contribution in [-0.4, -0.2) is 58.6 Å². The minimum absolute atomic E-state index is 0.257. The number of aliphatic hydroxyl groups excluding tert-OH is 1. The highest BCUT2D eigenvalue weighted by Crippen LogP contribution is 2.39. The molecule has 2 aliphatic carbocycles. The number of carbonyl (C=O) groups is 1. The Bertz CT molecular complexity index is 377. The summed E-state index contributed by atoms with van der Waals surface area (Å²) in [5.74, 6) is 1.41. The Balaban J connectivity index is 1.56. The number of hydrogen-bond acceptors (Lipinski definition) is 3. The molecule has 2 saturated carbocycles. The number of amides is 1. The third-order valence-corrected chi connectivity index (χ3v) is 5.55. The molecule has 0 radical (unpaired) electrons. The lowest BCUT2D eigenvalue weighted by Crippen LogP contribution is -2.49. The number of aliphatic hydroxyl groups is 1.